The Balaban J connectivity index is 1.84. The molecule has 148 valence electrons. The van der Waals surface area contributed by atoms with Crippen molar-refractivity contribution in [2.24, 2.45) is 0 Å². The molecule has 0 aliphatic rings. The van der Waals surface area contributed by atoms with Crippen LogP contribution in [0.4, 0.5) is 13.2 Å². The lowest BCUT2D eigenvalue weighted by Gasteiger charge is -2.12. The van der Waals surface area contributed by atoms with Crippen LogP contribution in [0.25, 0.3) is 5.82 Å². The highest BCUT2D eigenvalue weighted by Crippen LogP contribution is 2.33. The van der Waals surface area contributed by atoms with Crippen molar-refractivity contribution in [1.82, 2.24) is 19.3 Å². The molecule has 0 fully saturated rings. The third kappa shape index (κ3) is 4.34. The van der Waals surface area contributed by atoms with Gasteiger partial charge in [0.25, 0.3) is 0 Å². The Kier molecular flexibility index (Phi) is 5.46. The maximum Gasteiger partial charge on any atom is 0.416 e. The molecule has 0 radical (unpaired) electrons. The lowest BCUT2D eigenvalue weighted by atomic mass is 10.2. The second kappa shape index (κ2) is 7.53. The van der Waals surface area contributed by atoms with Crippen molar-refractivity contribution in [3.8, 4) is 5.82 Å². The molecule has 0 bridgehead atoms. The summed E-state index contributed by atoms with van der Waals surface area (Å²) in [6, 6.07) is 5.38. The standard InChI is InChI=1S/C17H14ClF3N4O2S/c1-11-22-6-7-25(11)16-8-12(4-5-23-16)10-24-28(26,27)15-9-13(17(19,20)21)2-3-14(15)18/h2-9,24H,10H2,1H3. The van der Waals surface area contributed by atoms with Gasteiger partial charge in [-0.25, -0.2) is 23.1 Å². The van der Waals surface area contributed by atoms with Crippen LogP contribution in [0, 0.1) is 6.92 Å². The summed E-state index contributed by atoms with van der Waals surface area (Å²) in [4.78, 5) is 7.65. The molecule has 3 aromatic rings. The summed E-state index contributed by atoms with van der Waals surface area (Å²) >= 11 is 5.82. The van der Waals surface area contributed by atoms with Crippen molar-refractivity contribution in [3.63, 3.8) is 0 Å². The quantitative estimate of drug-likeness (QED) is 0.669. The normalized spacial score (nSPS) is 12.3. The van der Waals surface area contributed by atoms with Crippen molar-refractivity contribution in [2.75, 3.05) is 0 Å². The van der Waals surface area contributed by atoms with Crippen molar-refractivity contribution in [3.05, 3.63) is 70.9 Å². The van der Waals surface area contributed by atoms with Crippen LogP contribution >= 0.6 is 11.6 Å². The third-order valence-electron chi connectivity index (χ3n) is 3.90. The number of hydrogen-bond acceptors (Lipinski definition) is 4. The molecule has 28 heavy (non-hydrogen) atoms. The van der Waals surface area contributed by atoms with E-state index in [-0.39, 0.29) is 11.6 Å². The number of imidazole rings is 1. The van der Waals surface area contributed by atoms with E-state index in [9.17, 15) is 21.6 Å². The zero-order valence-electron chi connectivity index (χ0n) is 14.4. The van der Waals surface area contributed by atoms with E-state index in [2.05, 4.69) is 14.7 Å². The molecular formula is C17H14ClF3N4O2S. The number of halogens is 4. The van der Waals surface area contributed by atoms with E-state index in [1.165, 1.54) is 6.20 Å². The van der Waals surface area contributed by atoms with Gasteiger partial charge in [0.1, 0.15) is 16.5 Å². The first-order valence-electron chi connectivity index (χ1n) is 7.89. The molecule has 0 saturated heterocycles. The molecule has 1 aromatic carbocycles. The first kappa shape index (κ1) is 20.3. The molecule has 0 atom stereocenters. The van der Waals surface area contributed by atoms with Gasteiger partial charge in [-0.1, -0.05) is 11.6 Å². The number of sulfonamides is 1. The van der Waals surface area contributed by atoms with Gasteiger partial charge >= 0.3 is 6.18 Å². The second-order valence-electron chi connectivity index (χ2n) is 5.83. The Labute approximate surface area is 164 Å². The first-order valence-corrected chi connectivity index (χ1v) is 9.76. The van der Waals surface area contributed by atoms with Gasteiger partial charge in [-0.2, -0.15) is 13.2 Å². The molecule has 2 heterocycles. The number of nitrogens with one attached hydrogen (secondary N) is 1. The molecular weight excluding hydrogens is 417 g/mol. The van der Waals surface area contributed by atoms with Gasteiger partial charge in [-0.05, 0) is 42.8 Å². The van der Waals surface area contributed by atoms with Gasteiger partial charge in [0.2, 0.25) is 10.0 Å². The van der Waals surface area contributed by atoms with E-state index in [4.69, 9.17) is 11.6 Å². The van der Waals surface area contributed by atoms with Crippen LogP contribution in [0.2, 0.25) is 5.02 Å². The highest BCUT2D eigenvalue weighted by Gasteiger charge is 2.32. The summed E-state index contributed by atoms with van der Waals surface area (Å²) in [6.07, 6.45) is 0.114. The molecule has 1 N–H and O–H groups in total. The van der Waals surface area contributed by atoms with Crippen LogP contribution in [-0.4, -0.2) is 23.0 Å². The van der Waals surface area contributed by atoms with Gasteiger partial charge in [-0.3, -0.25) is 4.57 Å². The van der Waals surface area contributed by atoms with Gasteiger partial charge in [0.15, 0.2) is 0 Å². The average Bonchev–Trinajstić information content (AvgIpc) is 3.05. The fraction of sp³-hybridized carbons (Fsp3) is 0.176. The van der Waals surface area contributed by atoms with Crippen LogP contribution in [0.15, 0.2) is 53.8 Å². The van der Waals surface area contributed by atoms with Gasteiger partial charge < -0.3 is 0 Å². The van der Waals surface area contributed by atoms with Crippen molar-refractivity contribution >= 4 is 21.6 Å². The SMILES string of the molecule is Cc1nccn1-c1cc(CNS(=O)(=O)c2cc(C(F)(F)F)ccc2Cl)ccn1. The number of hydrogen-bond donors (Lipinski definition) is 1. The van der Waals surface area contributed by atoms with E-state index in [0.717, 1.165) is 12.1 Å². The van der Waals surface area contributed by atoms with Crippen molar-refractivity contribution < 1.29 is 21.6 Å². The second-order valence-corrected chi connectivity index (χ2v) is 7.98. The van der Waals surface area contributed by atoms with Crippen LogP contribution in [-0.2, 0) is 22.7 Å². The Morgan fingerprint density at radius 1 is 1.14 bits per heavy atom. The van der Waals surface area contributed by atoms with Gasteiger partial charge in [0, 0.05) is 25.1 Å². The first-order chi connectivity index (χ1) is 13.1. The number of rotatable bonds is 5. The van der Waals surface area contributed by atoms with Crippen LogP contribution < -0.4 is 4.72 Å². The summed E-state index contributed by atoms with van der Waals surface area (Å²) in [5.74, 6) is 1.23. The Bertz CT molecular complexity index is 1110. The van der Waals surface area contributed by atoms with Crippen molar-refractivity contribution in [1.29, 1.82) is 0 Å². The predicted molar refractivity (Wildman–Crippen MR) is 96.6 cm³/mol. The number of pyridine rings is 1. The third-order valence-corrected chi connectivity index (χ3v) is 5.78. The number of nitrogens with zero attached hydrogens (tertiary/aromatic N) is 3. The fourth-order valence-corrected chi connectivity index (χ4v) is 4.01. The molecule has 0 spiro atoms. The summed E-state index contributed by atoms with van der Waals surface area (Å²) in [5, 5.41) is -0.301. The van der Waals surface area contributed by atoms with E-state index in [1.54, 1.807) is 36.0 Å². The van der Waals surface area contributed by atoms with Gasteiger partial charge in [0.05, 0.1) is 10.6 Å². The highest BCUT2D eigenvalue weighted by atomic mass is 35.5. The Hall–Kier alpha value is -2.43. The molecule has 0 saturated carbocycles. The summed E-state index contributed by atoms with van der Waals surface area (Å²) in [7, 11) is -4.27. The topological polar surface area (TPSA) is 76.9 Å². The maximum absolute atomic E-state index is 12.9. The number of aryl methyl sites for hydroxylation is 1. The van der Waals surface area contributed by atoms with Crippen LogP contribution in [0.1, 0.15) is 17.0 Å². The Morgan fingerprint density at radius 2 is 1.89 bits per heavy atom. The minimum absolute atomic E-state index is 0.155. The monoisotopic (exact) mass is 430 g/mol. The minimum Gasteiger partial charge on any atom is -0.288 e. The van der Waals surface area contributed by atoms with Crippen LogP contribution in [0.5, 0.6) is 0 Å². The molecule has 3 rings (SSSR count). The van der Waals surface area contributed by atoms with E-state index >= 15 is 0 Å². The van der Waals surface area contributed by atoms with E-state index in [1.807, 2.05) is 0 Å². The molecule has 0 amide bonds. The zero-order chi connectivity index (χ0) is 20.5. The van der Waals surface area contributed by atoms with Crippen molar-refractivity contribution in [2.45, 2.75) is 24.5 Å². The summed E-state index contributed by atoms with van der Waals surface area (Å²) < 4.78 is 67.6. The largest absolute Gasteiger partial charge is 0.416 e. The summed E-state index contributed by atoms with van der Waals surface area (Å²) in [5.41, 5.74) is -0.538. The lowest BCUT2D eigenvalue weighted by molar-refractivity contribution is -0.137. The molecule has 2 aromatic heterocycles. The number of benzene rings is 1. The highest BCUT2D eigenvalue weighted by molar-refractivity contribution is 7.89. The van der Waals surface area contributed by atoms with Gasteiger partial charge in [-0.15, -0.1) is 0 Å². The average molecular weight is 431 g/mol. The molecule has 0 aliphatic carbocycles. The number of alkyl halides is 3. The van der Waals surface area contributed by atoms with Crippen LogP contribution in [0.3, 0.4) is 0 Å². The maximum atomic E-state index is 12.9. The number of aromatic nitrogens is 3. The Morgan fingerprint density at radius 3 is 2.54 bits per heavy atom. The minimum atomic E-state index is -4.68. The predicted octanol–water partition coefficient (Wildman–Crippen LogP) is 3.73. The lowest BCUT2D eigenvalue weighted by Crippen LogP contribution is -2.24. The zero-order valence-corrected chi connectivity index (χ0v) is 16.0. The molecule has 11 heteroatoms. The molecule has 6 nitrogen and oxygen atoms in total. The summed E-state index contributed by atoms with van der Waals surface area (Å²) in [6.45, 7) is 1.63. The molecule has 0 aliphatic heterocycles. The molecule has 0 unspecified atom stereocenters. The van der Waals surface area contributed by atoms with E-state index in [0.29, 0.717) is 23.3 Å². The fourth-order valence-electron chi connectivity index (χ4n) is 2.46. The smallest absolute Gasteiger partial charge is 0.288 e. The van der Waals surface area contributed by atoms with E-state index < -0.39 is 26.7 Å².